The molecule has 27 heavy (non-hydrogen) atoms. The van der Waals surface area contributed by atoms with Crippen LogP contribution in [0.5, 0.6) is 0 Å². The molecule has 1 rings (SSSR count). The highest BCUT2D eigenvalue weighted by atomic mass is 16.5. The van der Waals surface area contributed by atoms with Gasteiger partial charge in [-0.15, -0.1) is 0 Å². The Morgan fingerprint density at radius 2 is 1.41 bits per heavy atom. The molecule has 0 spiro atoms. The summed E-state index contributed by atoms with van der Waals surface area (Å²) in [6, 6.07) is -0.509. The van der Waals surface area contributed by atoms with Crippen LogP contribution in [0.1, 0.15) is 53.4 Å². The number of amides is 3. The number of ether oxygens (including phenoxy) is 2. The van der Waals surface area contributed by atoms with E-state index in [1.807, 2.05) is 6.92 Å². The molecule has 2 N–H and O–H groups in total. The minimum atomic E-state index is -1.08. The maximum Gasteiger partial charge on any atom is 0.327 e. The van der Waals surface area contributed by atoms with E-state index in [1.54, 1.807) is 13.8 Å². The largest absolute Gasteiger partial charge is 0.389 e. The number of unbranched alkanes of at least 4 members (excludes halogenated alkanes) is 2. The number of aliphatic hydroxyl groups excluding tert-OH is 2. The van der Waals surface area contributed by atoms with Crippen LogP contribution in [0.25, 0.3) is 0 Å². The summed E-state index contributed by atoms with van der Waals surface area (Å²) in [6.45, 7) is 8.54. The van der Waals surface area contributed by atoms with Crippen LogP contribution in [0.2, 0.25) is 0 Å². The van der Waals surface area contributed by atoms with E-state index in [1.165, 1.54) is 4.90 Å². The van der Waals surface area contributed by atoms with Crippen molar-refractivity contribution in [1.82, 2.24) is 9.80 Å². The van der Waals surface area contributed by atoms with Gasteiger partial charge >= 0.3 is 6.03 Å². The molecule has 0 aromatic heterocycles. The third-order valence-electron chi connectivity index (χ3n) is 4.60. The van der Waals surface area contributed by atoms with E-state index in [4.69, 9.17) is 9.47 Å². The molecule has 0 aromatic carbocycles. The molecule has 0 aliphatic carbocycles. The number of urea groups is 1. The predicted molar refractivity (Wildman–Crippen MR) is 101 cm³/mol. The Labute approximate surface area is 162 Å². The molecule has 0 radical (unpaired) electrons. The molecule has 1 aliphatic rings. The highest BCUT2D eigenvalue weighted by Gasteiger charge is 2.51. The Morgan fingerprint density at radius 1 is 0.926 bits per heavy atom. The molecule has 0 saturated carbocycles. The van der Waals surface area contributed by atoms with Crippen molar-refractivity contribution in [2.24, 2.45) is 0 Å². The van der Waals surface area contributed by atoms with Crippen LogP contribution in [-0.4, -0.2) is 89.2 Å². The van der Waals surface area contributed by atoms with Crippen molar-refractivity contribution in [2.45, 2.75) is 71.1 Å². The monoisotopic (exact) mass is 388 g/mol. The summed E-state index contributed by atoms with van der Waals surface area (Å²) in [5.41, 5.74) is -1.08. The van der Waals surface area contributed by atoms with E-state index >= 15 is 0 Å². The summed E-state index contributed by atoms with van der Waals surface area (Å²) in [6.07, 6.45) is 1.99. The van der Waals surface area contributed by atoms with Crippen LogP contribution in [-0.2, 0) is 14.3 Å². The number of hydrogen-bond donors (Lipinski definition) is 2. The van der Waals surface area contributed by atoms with Gasteiger partial charge in [0.25, 0.3) is 5.91 Å². The van der Waals surface area contributed by atoms with Crippen LogP contribution in [0.15, 0.2) is 0 Å². The zero-order chi connectivity index (χ0) is 20.4. The van der Waals surface area contributed by atoms with Crippen molar-refractivity contribution < 1.29 is 29.3 Å². The smallest absolute Gasteiger partial charge is 0.327 e. The van der Waals surface area contributed by atoms with E-state index < -0.39 is 23.8 Å². The molecule has 158 valence electrons. The molecule has 3 amide bonds. The molecule has 2 unspecified atom stereocenters. The number of β-amino-alcohol motifs (C(OH)–C–C–N with tert-alkyl or cyclic N) is 2. The van der Waals surface area contributed by atoms with Gasteiger partial charge in [0, 0.05) is 13.2 Å². The van der Waals surface area contributed by atoms with E-state index in [0.29, 0.717) is 13.2 Å². The fourth-order valence-electron chi connectivity index (χ4n) is 2.84. The van der Waals surface area contributed by atoms with Gasteiger partial charge in [-0.25, -0.2) is 4.79 Å². The lowest BCUT2D eigenvalue weighted by atomic mass is 10.0. The summed E-state index contributed by atoms with van der Waals surface area (Å²) in [5.74, 6) is -0.390. The quantitative estimate of drug-likeness (QED) is 0.345. The third-order valence-corrected chi connectivity index (χ3v) is 4.60. The first-order valence-electron chi connectivity index (χ1n) is 9.90. The number of rotatable bonds is 14. The Bertz CT molecular complexity index is 471. The van der Waals surface area contributed by atoms with Gasteiger partial charge < -0.3 is 24.6 Å². The summed E-state index contributed by atoms with van der Waals surface area (Å²) in [5, 5.41) is 20.3. The topological polar surface area (TPSA) is 99.5 Å². The van der Waals surface area contributed by atoms with Crippen LogP contribution in [0.3, 0.4) is 0 Å². The molecule has 8 nitrogen and oxygen atoms in total. The van der Waals surface area contributed by atoms with Crippen molar-refractivity contribution >= 4 is 11.9 Å². The maximum absolute atomic E-state index is 12.7. The number of imide groups is 1. The second-order valence-electron chi connectivity index (χ2n) is 7.53. The van der Waals surface area contributed by atoms with Gasteiger partial charge in [-0.3, -0.25) is 9.69 Å². The summed E-state index contributed by atoms with van der Waals surface area (Å²) >= 11 is 0. The van der Waals surface area contributed by atoms with Crippen molar-refractivity contribution in [2.75, 3.05) is 39.5 Å². The lowest BCUT2D eigenvalue weighted by Gasteiger charge is -2.29. The minimum absolute atomic E-state index is 0.00327. The van der Waals surface area contributed by atoms with Gasteiger partial charge in [0.15, 0.2) is 0 Å². The Kier molecular flexibility index (Phi) is 10.2. The first-order valence-corrected chi connectivity index (χ1v) is 9.90. The molecule has 1 fully saturated rings. The van der Waals surface area contributed by atoms with Gasteiger partial charge in [0.1, 0.15) is 5.54 Å². The number of aliphatic hydroxyl groups is 2. The summed E-state index contributed by atoms with van der Waals surface area (Å²) in [7, 11) is 0. The van der Waals surface area contributed by atoms with Gasteiger partial charge in [-0.05, 0) is 26.7 Å². The lowest BCUT2D eigenvalue weighted by Crippen LogP contribution is -2.48. The number of hydrogen-bond acceptors (Lipinski definition) is 6. The first-order chi connectivity index (χ1) is 12.8. The number of carbonyl (C=O) groups excluding carboxylic acids is 2. The van der Waals surface area contributed by atoms with E-state index in [0.717, 1.165) is 30.6 Å². The van der Waals surface area contributed by atoms with Crippen molar-refractivity contribution in [3.05, 3.63) is 0 Å². The molecule has 2 atom stereocenters. The third kappa shape index (κ3) is 7.03. The van der Waals surface area contributed by atoms with Gasteiger partial charge in [-0.2, -0.15) is 0 Å². The van der Waals surface area contributed by atoms with Crippen LogP contribution in [0.4, 0.5) is 4.79 Å². The zero-order valence-corrected chi connectivity index (χ0v) is 17.1. The Morgan fingerprint density at radius 3 is 1.89 bits per heavy atom. The molecule has 1 aliphatic heterocycles. The van der Waals surface area contributed by atoms with E-state index in [2.05, 4.69) is 6.92 Å². The van der Waals surface area contributed by atoms with E-state index in [9.17, 15) is 19.8 Å². The van der Waals surface area contributed by atoms with Crippen LogP contribution in [0, 0.1) is 0 Å². The molecular formula is C19H36N2O6. The van der Waals surface area contributed by atoms with Crippen molar-refractivity contribution in [3.8, 4) is 0 Å². The molecule has 0 aromatic rings. The second kappa shape index (κ2) is 11.6. The van der Waals surface area contributed by atoms with E-state index in [-0.39, 0.29) is 32.2 Å². The lowest BCUT2D eigenvalue weighted by molar-refractivity contribution is -0.133. The highest BCUT2D eigenvalue weighted by molar-refractivity contribution is 6.06. The maximum atomic E-state index is 12.7. The van der Waals surface area contributed by atoms with Crippen LogP contribution < -0.4 is 0 Å². The summed E-state index contributed by atoms with van der Waals surface area (Å²) in [4.78, 5) is 27.7. The van der Waals surface area contributed by atoms with Crippen molar-refractivity contribution in [1.29, 1.82) is 0 Å². The van der Waals surface area contributed by atoms with Crippen molar-refractivity contribution in [3.63, 3.8) is 0 Å². The van der Waals surface area contributed by atoms with Gasteiger partial charge in [0.05, 0.1) is 38.5 Å². The zero-order valence-electron chi connectivity index (χ0n) is 17.1. The molecule has 0 bridgehead atoms. The van der Waals surface area contributed by atoms with Gasteiger partial charge in [0.2, 0.25) is 0 Å². The Hall–Kier alpha value is -1.22. The minimum Gasteiger partial charge on any atom is -0.389 e. The predicted octanol–water partition coefficient (Wildman–Crippen LogP) is 1.38. The average molecular weight is 389 g/mol. The average Bonchev–Trinajstić information content (AvgIpc) is 2.77. The molecule has 1 heterocycles. The molecule has 8 heteroatoms. The number of carbonyl (C=O) groups is 2. The molecular weight excluding hydrogens is 352 g/mol. The normalized spacial score (nSPS) is 19.0. The first kappa shape index (κ1) is 23.8. The highest BCUT2D eigenvalue weighted by Crippen LogP contribution is 2.28. The fourth-order valence-corrected chi connectivity index (χ4v) is 2.84. The SMILES string of the molecule is CCCCOCC(O)CN1C(=O)N(CC(O)COCCCC)C(C)(C)C1=O. The number of nitrogens with zero attached hydrogens (tertiary/aromatic N) is 2. The van der Waals surface area contributed by atoms with Crippen LogP contribution >= 0.6 is 0 Å². The standard InChI is InChI=1S/C19H36N2O6/c1-5-7-9-26-13-15(22)11-20-17(24)19(3,4)21(18(20)25)12-16(23)14-27-10-8-6-2/h15-16,22-23H,5-14H2,1-4H3. The second-order valence-corrected chi connectivity index (χ2v) is 7.53. The Balaban J connectivity index is 2.58. The summed E-state index contributed by atoms with van der Waals surface area (Å²) < 4.78 is 10.7. The molecule has 1 saturated heterocycles. The fraction of sp³-hybridized carbons (Fsp3) is 0.895. The van der Waals surface area contributed by atoms with Gasteiger partial charge in [-0.1, -0.05) is 26.7 Å².